The molecule has 1 aromatic heterocycles. The van der Waals surface area contributed by atoms with Crippen LogP contribution in [0, 0.1) is 6.92 Å². The van der Waals surface area contributed by atoms with Crippen LogP contribution >= 0.6 is 23.4 Å². The number of imidazole rings is 1. The Bertz CT molecular complexity index is 1250. The molecular weight excluding hydrogens is 428 g/mol. The lowest BCUT2D eigenvalue weighted by Gasteiger charge is -2.10. The molecular formula is C24H21ClN4OS. The number of benzene rings is 3. The van der Waals surface area contributed by atoms with Gasteiger partial charge in [0.05, 0.1) is 29.5 Å². The van der Waals surface area contributed by atoms with Gasteiger partial charge in [-0.2, -0.15) is 5.10 Å². The maximum atomic E-state index is 12.3. The number of amides is 1. The summed E-state index contributed by atoms with van der Waals surface area (Å²) in [4.78, 5) is 17.0. The van der Waals surface area contributed by atoms with Gasteiger partial charge < -0.3 is 4.57 Å². The molecule has 1 heterocycles. The Hall–Kier alpha value is -3.09. The minimum atomic E-state index is -0.189. The van der Waals surface area contributed by atoms with Crippen LogP contribution in [-0.4, -0.2) is 27.4 Å². The summed E-state index contributed by atoms with van der Waals surface area (Å²) in [5.74, 6) is 0.0166. The molecule has 0 bridgehead atoms. The second kappa shape index (κ2) is 9.81. The first kappa shape index (κ1) is 21.2. The summed E-state index contributed by atoms with van der Waals surface area (Å²) >= 11 is 7.75. The van der Waals surface area contributed by atoms with Crippen molar-refractivity contribution in [3.8, 4) is 0 Å². The number of halogens is 1. The van der Waals surface area contributed by atoms with E-state index in [9.17, 15) is 4.79 Å². The van der Waals surface area contributed by atoms with Gasteiger partial charge >= 0.3 is 0 Å². The van der Waals surface area contributed by atoms with E-state index in [4.69, 9.17) is 16.6 Å². The van der Waals surface area contributed by atoms with Crippen LogP contribution in [0.25, 0.3) is 11.0 Å². The molecule has 0 atom stereocenters. The van der Waals surface area contributed by atoms with Crippen LogP contribution in [-0.2, 0) is 11.3 Å². The van der Waals surface area contributed by atoms with Gasteiger partial charge in [0, 0.05) is 5.02 Å². The van der Waals surface area contributed by atoms with Crippen LogP contribution in [0.4, 0.5) is 0 Å². The van der Waals surface area contributed by atoms with E-state index in [1.807, 2.05) is 79.7 Å². The quantitative estimate of drug-likeness (QED) is 0.237. The van der Waals surface area contributed by atoms with E-state index in [0.717, 1.165) is 32.9 Å². The average Bonchev–Trinajstić information content (AvgIpc) is 3.13. The molecule has 3 aromatic carbocycles. The average molecular weight is 449 g/mol. The fraction of sp³-hybridized carbons (Fsp3) is 0.125. The highest BCUT2D eigenvalue weighted by atomic mass is 35.5. The lowest BCUT2D eigenvalue weighted by atomic mass is 10.1. The Balaban J connectivity index is 1.47. The summed E-state index contributed by atoms with van der Waals surface area (Å²) in [5.41, 5.74) is 7.55. The molecule has 0 spiro atoms. The summed E-state index contributed by atoms with van der Waals surface area (Å²) in [6.45, 7) is 2.58. The van der Waals surface area contributed by atoms with Crippen molar-refractivity contribution in [3.05, 3.63) is 94.5 Å². The predicted octanol–water partition coefficient (Wildman–Crippen LogP) is 5.29. The van der Waals surface area contributed by atoms with Crippen molar-refractivity contribution in [2.45, 2.75) is 18.6 Å². The number of hydrogen-bond donors (Lipinski definition) is 1. The third-order valence-electron chi connectivity index (χ3n) is 4.82. The Morgan fingerprint density at radius 2 is 1.84 bits per heavy atom. The molecule has 0 aliphatic heterocycles. The van der Waals surface area contributed by atoms with Gasteiger partial charge in [-0.15, -0.1) is 0 Å². The SMILES string of the molecule is Cc1ccccc1/C=N/NC(=O)CSc1nc2ccccc2n1Cc1ccccc1Cl. The first-order chi connectivity index (χ1) is 15.1. The van der Waals surface area contributed by atoms with E-state index in [-0.39, 0.29) is 11.7 Å². The topological polar surface area (TPSA) is 59.3 Å². The van der Waals surface area contributed by atoms with E-state index >= 15 is 0 Å². The molecule has 4 aromatic rings. The van der Waals surface area contributed by atoms with Gasteiger partial charge in [-0.3, -0.25) is 4.79 Å². The molecule has 0 fully saturated rings. The van der Waals surface area contributed by atoms with Gasteiger partial charge in [-0.25, -0.2) is 10.4 Å². The Kier molecular flexibility index (Phi) is 6.70. The van der Waals surface area contributed by atoms with E-state index in [2.05, 4.69) is 15.1 Å². The zero-order chi connectivity index (χ0) is 21.6. The normalized spacial score (nSPS) is 11.3. The molecule has 156 valence electrons. The third-order valence-corrected chi connectivity index (χ3v) is 6.16. The number of fused-ring (bicyclic) bond motifs is 1. The van der Waals surface area contributed by atoms with Gasteiger partial charge in [-0.1, -0.05) is 78.0 Å². The number of carbonyl (C=O) groups is 1. The summed E-state index contributed by atoms with van der Waals surface area (Å²) in [6.07, 6.45) is 1.66. The van der Waals surface area contributed by atoms with Gasteiger partial charge in [0.15, 0.2) is 5.16 Å². The van der Waals surface area contributed by atoms with Crippen molar-refractivity contribution in [1.82, 2.24) is 15.0 Å². The molecule has 7 heteroatoms. The molecule has 5 nitrogen and oxygen atoms in total. The van der Waals surface area contributed by atoms with Crippen molar-refractivity contribution in [3.63, 3.8) is 0 Å². The van der Waals surface area contributed by atoms with Crippen LogP contribution in [0.1, 0.15) is 16.7 Å². The van der Waals surface area contributed by atoms with Gasteiger partial charge in [0.2, 0.25) is 0 Å². The second-order valence-electron chi connectivity index (χ2n) is 7.00. The molecule has 1 amide bonds. The zero-order valence-corrected chi connectivity index (χ0v) is 18.5. The molecule has 1 N–H and O–H groups in total. The lowest BCUT2D eigenvalue weighted by molar-refractivity contribution is -0.118. The minimum Gasteiger partial charge on any atom is -0.314 e. The number of para-hydroxylation sites is 2. The highest BCUT2D eigenvalue weighted by Gasteiger charge is 2.14. The molecule has 0 unspecified atom stereocenters. The number of carbonyl (C=O) groups excluding carboxylic acids is 1. The number of nitrogens with one attached hydrogen (secondary N) is 1. The highest BCUT2D eigenvalue weighted by molar-refractivity contribution is 7.99. The van der Waals surface area contributed by atoms with Crippen molar-refractivity contribution >= 4 is 46.5 Å². The maximum absolute atomic E-state index is 12.3. The maximum Gasteiger partial charge on any atom is 0.250 e. The van der Waals surface area contributed by atoms with Gasteiger partial charge in [-0.05, 0) is 41.8 Å². The van der Waals surface area contributed by atoms with E-state index in [1.165, 1.54) is 11.8 Å². The molecule has 31 heavy (non-hydrogen) atoms. The predicted molar refractivity (Wildman–Crippen MR) is 128 cm³/mol. The van der Waals surface area contributed by atoms with Gasteiger partial charge in [0.1, 0.15) is 0 Å². The van der Waals surface area contributed by atoms with Crippen molar-refractivity contribution in [2.75, 3.05) is 5.75 Å². The van der Waals surface area contributed by atoms with Crippen LogP contribution in [0.15, 0.2) is 83.1 Å². The second-order valence-corrected chi connectivity index (χ2v) is 8.35. The number of hydrazone groups is 1. The first-order valence-electron chi connectivity index (χ1n) is 9.81. The highest BCUT2D eigenvalue weighted by Crippen LogP contribution is 2.27. The van der Waals surface area contributed by atoms with Crippen LogP contribution in [0.2, 0.25) is 5.02 Å². The number of aromatic nitrogens is 2. The number of rotatable bonds is 7. The van der Waals surface area contributed by atoms with Crippen LogP contribution < -0.4 is 5.43 Å². The Morgan fingerprint density at radius 3 is 2.68 bits per heavy atom. The van der Waals surface area contributed by atoms with Gasteiger partial charge in [0.25, 0.3) is 5.91 Å². The number of aryl methyl sites for hydroxylation is 1. The minimum absolute atomic E-state index is 0.189. The monoisotopic (exact) mass is 448 g/mol. The van der Waals surface area contributed by atoms with E-state index in [1.54, 1.807) is 6.21 Å². The zero-order valence-electron chi connectivity index (χ0n) is 17.0. The summed E-state index contributed by atoms with van der Waals surface area (Å²) < 4.78 is 2.09. The fourth-order valence-corrected chi connectivity index (χ4v) is 4.18. The van der Waals surface area contributed by atoms with Crippen molar-refractivity contribution < 1.29 is 4.79 Å². The molecule has 0 aliphatic carbocycles. The molecule has 0 aliphatic rings. The first-order valence-corrected chi connectivity index (χ1v) is 11.2. The third kappa shape index (κ3) is 5.16. The van der Waals surface area contributed by atoms with E-state index in [0.29, 0.717) is 11.6 Å². The molecule has 0 saturated heterocycles. The Labute approximate surface area is 190 Å². The largest absolute Gasteiger partial charge is 0.314 e. The summed E-state index contributed by atoms with van der Waals surface area (Å²) in [6, 6.07) is 23.5. The Morgan fingerprint density at radius 1 is 1.10 bits per heavy atom. The molecule has 0 saturated carbocycles. The summed E-state index contributed by atoms with van der Waals surface area (Å²) in [7, 11) is 0. The van der Waals surface area contributed by atoms with Crippen LogP contribution in [0.3, 0.4) is 0 Å². The number of hydrogen-bond acceptors (Lipinski definition) is 4. The van der Waals surface area contributed by atoms with Crippen molar-refractivity contribution in [2.24, 2.45) is 5.10 Å². The number of thioether (sulfide) groups is 1. The summed E-state index contributed by atoms with van der Waals surface area (Å²) in [5, 5.41) is 5.55. The number of nitrogens with zero attached hydrogens (tertiary/aromatic N) is 3. The van der Waals surface area contributed by atoms with Crippen molar-refractivity contribution in [1.29, 1.82) is 0 Å². The van der Waals surface area contributed by atoms with E-state index < -0.39 is 0 Å². The van der Waals surface area contributed by atoms with Crippen LogP contribution in [0.5, 0.6) is 0 Å². The molecule has 4 rings (SSSR count). The standard InChI is InChI=1S/C24H21ClN4OS/c1-17-8-2-3-9-18(17)14-26-28-23(30)16-31-24-27-21-12-6-7-13-22(21)29(24)15-19-10-4-5-11-20(19)25/h2-14H,15-16H2,1H3,(H,28,30)/b26-14+. The fourth-order valence-electron chi connectivity index (χ4n) is 3.18. The lowest BCUT2D eigenvalue weighted by Crippen LogP contribution is -2.20. The molecule has 0 radical (unpaired) electrons. The smallest absolute Gasteiger partial charge is 0.250 e.